The Morgan fingerprint density at radius 2 is 1.71 bits per heavy atom. The van der Waals surface area contributed by atoms with Crippen molar-refractivity contribution in [1.29, 1.82) is 0 Å². The molecule has 2 nitrogen and oxygen atoms in total. The zero-order valence-electron chi connectivity index (χ0n) is 10.9. The van der Waals surface area contributed by atoms with Gasteiger partial charge in [0, 0.05) is 28.8 Å². The van der Waals surface area contributed by atoms with E-state index in [1.54, 1.807) is 0 Å². The van der Waals surface area contributed by atoms with Crippen molar-refractivity contribution >= 4 is 15.9 Å². The molecule has 1 rings (SSSR count). The molecule has 0 saturated heterocycles. The summed E-state index contributed by atoms with van der Waals surface area (Å²) in [5.41, 5.74) is 0.155. The maximum absolute atomic E-state index is 12.8. The quantitative estimate of drug-likeness (QED) is 0.780. The van der Waals surface area contributed by atoms with Crippen LogP contribution < -0.4 is 5.32 Å². The largest absolute Gasteiger partial charge is 0.402 e. The Morgan fingerprint density at radius 1 is 1.14 bits per heavy atom. The zero-order valence-corrected chi connectivity index (χ0v) is 12.5. The van der Waals surface area contributed by atoms with E-state index in [1.807, 2.05) is 0 Å². The van der Waals surface area contributed by atoms with Gasteiger partial charge in [0.2, 0.25) is 0 Å². The number of likely N-dealkylation sites (N-methyl/N-ethyl adjacent to an activating group) is 1. The van der Waals surface area contributed by atoms with Crippen molar-refractivity contribution in [2.45, 2.75) is 31.7 Å². The molecule has 1 aromatic heterocycles. The first-order chi connectivity index (χ1) is 9.55. The third kappa shape index (κ3) is 5.46. The van der Waals surface area contributed by atoms with E-state index in [-0.39, 0.29) is 12.2 Å². The highest BCUT2D eigenvalue weighted by molar-refractivity contribution is 9.10. The van der Waals surface area contributed by atoms with Crippen molar-refractivity contribution in [2.75, 3.05) is 6.54 Å². The van der Waals surface area contributed by atoms with E-state index in [2.05, 4.69) is 26.2 Å². The molecule has 0 bridgehead atoms. The van der Waals surface area contributed by atoms with Crippen LogP contribution in [0.2, 0.25) is 0 Å². The van der Waals surface area contributed by atoms with E-state index in [9.17, 15) is 26.3 Å². The lowest BCUT2D eigenvalue weighted by Gasteiger charge is -2.31. The van der Waals surface area contributed by atoms with E-state index >= 15 is 0 Å². The van der Waals surface area contributed by atoms with Crippen LogP contribution in [0.3, 0.4) is 0 Å². The Morgan fingerprint density at radius 3 is 2.10 bits per heavy atom. The molecule has 0 aliphatic carbocycles. The molecular formula is C12H13BrF6N2. The molecule has 21 heavy (non-hydrogen) atoms. The summed E-state index contributed by atoms with van der Waals surface area (Å²) in [6, 6.07) is 1.09. The average molecular weight is 379 g/mol. The smallest absolute Gasteiger partial charge is 0.313 e. The second-order valence-electron chi connectivity index (χ2n) is 4.40. The van der Waals surface area contributed by atoms with Gasteiger partial charge in [0.15, 0.2) is 5.92 Å². The lowest BCUT2D eigenvalue weighted by Crippen LogP contribution is -2.52. The van der Waals surface area contributed by atoms with Crippen LogP contribution in [0.15, 0.2) is 22.8 Å². The van der Waals surface area contributed by atoms with Gasteiger partial charge in [0.25, 0.3) is 0 Å². The van der Waals surface area contributed by atoms with Gasteiger partial charge in [-0.3, -0.25) is 4.98 Å². The number of aromatic nitrogens is 1. The number of nitrogens with zero attached hydrogens (tertiary/aromatic N) is 1. The van der Waals surface area contributed by atoms with Gasteiger partial charge in [-0.25, -0.2) is 0 Å². The summed E-state index contributed by atoms with van der Waals surface area (Å²) in [7, 11) is 0. The summed E-state index contributed by atoms with van der Waals surface area (Å²) in [4.78, 5) is 3.83. The summed E-state index contributed by atoms with van der Waals surface area (Å²) in [6.45, 7) is 1.44. The monoisotopic (exact) mass is 378 g/mol. The Hall–Kier alpha value is -0.830. The van der Waals surface area contributed by atoms with Crippen LogP contribution in [0.25, 0.3) is 0 Å². The molecule has 1 unspecified atom stereocenters. The second kappa shape index (κ2) is 6.95. The third-order valence-corrected chi connectivity index (χ3v) is 3.26. The Bertz CT molecular complexity index is 429. The fraction of sp³-hybridized carbons (Fsp3) is 0.583. The van der Waals surface area contributed by atoms with Crippen LogP contribution in [0.5, 0.6) is 0 Å². The predicted octanol–water partition coefficient (Wildman–Crippen LogP) is 4.11. The normalized spacial score (nSPS) is 14.5. The van der Waals surface area contributed by atoms with Gasteiger partial charge in [0.1, 0.15) is 0 Å². The SMILES string of the molecule is CCNC(Cc1ccc(Br)cn1)C(C(F)(F)F)C(F)(F)F. The number of hydrogen-bond acceptors (Lipinski definition) is 2. The maximum Gasteiger partial charge on any atom is 0.402 e. The molecule has 0 aliphatic heterocycles. The molecule has 120 valence electrons. The number of rotatable bonds is 5. The van der Waals surface area contributed by atoms with Crippen LogP contribution in [0, 0.1) is 5.92 Å². The Labute approximate surface area is 126 Å². The van der Waals surface area contributed by atoms with E-state index in [0.29, 0.717) is 4.47 Å². The number of pyridine rings is 1. The molecular weight excluding hydrogens is 366 g/mol. The fourth-order valence-corrected chi connectivity index (χ4v) is 2.20. The minimum atomic E-state index is -5.37. The molecule has 0 aromatic carbocycles. The van der Waals surface area contributed by atoms with Crippen molar-refractivity contribution in [3.05, 3.63) is 28.5 Å². The predicted molar refractivity (Wildman–Crippen MR) is 68.7 cm³/mol. The Kier molecular flexibility index (Phi) is 6.03. The summed E-state index contributed by atoms with van der Waals surface area (Å²) in [5, 5.41) is 2.27. The van der Waals surface area contributed by atoms with Crippen molar-refractivity contribution in [2.24, 2.45) is 5.92 Å². The van der Waals surface area contributed by atoms with E-state index in [1.165, 1.54) is 25.3 Å². The van der Waals surface area contributed by atoms with Crippen molar-refractivity contribution in [3.63, 3.8) is 0 Å². The van der Waals surface area contributed by atoms with E-state index in [0.717, 1.165) is 0 Å². The number of nitrogens with one attached hydrogen (secondary N) is 1. The Balaban J connectivity index is 3.04. The third-order valence-electron chi connectivity index (χ3n) is 2.79. The van der Waals surface area contributed by atoms with Gasteiger partial charge >= 0.3 is 12.4 Å². The fourth-order valence-electron chi connectivity index (χ4n) is 1.96. The van der Waals surface area contributed by atoms with Gasteiger partial charge < -0.3 is 5.32 Å². The molecule has 0 aliphatic rings. The number of halogens is 7. The highest BCUT2D eigenvalue weighted by Gasteiger charge is 2.59. The molecule has 1 N–H and O–H groups in total. The van der Waals surface area contributed by atoms with E-state index in [4.69, 9.17) is 0 Å². The minimum Gasteiger partial charge on any atom is -0.313 e. The van der Waals surface area contributed by atoms with Crippen molar-refractivity contribution < 1.29 is 26.3 Å². The number of hydrogen-bond donors (Lipinski definition) is 1. The zero-order chi connectivity index (χ0) is 16.3. The van der Waals surface area contributed by atoms with Gasteiger partial charge in [-0.1, -0.05) is 6.92 Å². The first-order valence-electron chi connectivity index (χ1n) is 6.03. The lowest BCUT2D eigenvalue weighted by molar-refractivity contribution is -0.291. The van der Waals surface area contributed by atoms with Crippen LogP contribution in [0.4, 0.5) is 26.3 Å². The van der Waals surface area contributed by atoms with Crippen LogP contribution in [0.1, 0.15) is 12.6 Å². The molecule has 0 spiro atoms. The molecule has 0 radical (unpaired) electrons. The molecule has 1 aromatic rings. The minimum absolute atomic E-state index is 0.0101. The lowest BCUT2D eigenvalue weighted by atomic mass is 9.94. The maximum atomic E-state index is 12.8. The van der Waals surface area contributed by atoms with Gasteiger partial charge in [-0.15, -0.1) is 0 Å². The molecule has 0 saturated carbocycles. The first-order valence-corrected chi connectivity index (χ1v) is 6.82. The van der Waals surface area contributed by atoms with Gasteiger partial charge in [-0.05, 0) is 34.6 Å². The summed E-state index contributed by atoms with van der Waals surface area (Å²) in [5.74, 6) is -3.43. The number of alkyl halides is 6. The summed E-state index contributed by atoms with van der Waals surface area (Å²) < 4.78 is 77.2. The molecule has 1 atom stereocenters. The molecule has 1 heterocycles. The van der Waals surface area contributed by atoms with Crippen molar-refractivity contribution in [3.8, 4) is 0 Å². The van der Waals surface area contributed by atoms with E-state index < -0.39 is 30.7 Å². The molecule has 0 amide bonds. The van der Waals surface area contributed by atoms with Crippen molar-refractivity contribution in [1.82, 2.24) is 10.3 Å². The van der Waals surface area contributed by atoms with Gasteiger partial charge in [-0.2, -0.15) is 26.3 Å². The second-order valence-corrected chi connectivity index (χ2v) is 5.31. The van der Waals surface area contributed by atoms with Crippen LogP contribution in [-0.4, -0.2) is 29.9 Å². The summed E-state index contributed by atoms with van der Waals surface area (Å²) >= 11 is 3.10. The highest BCUT2D eigenvalue weighted by Crippen LogP contribution is 2.42. The van der Waals surface area contributed by atoms with Crippen LogP contribution >= 0.6 is 15.9 Å². The van der Waals surface area contributed by atoms with Gasteiger partial charge in [0.05, 0.1) is 0 Å². The average Bonchev–Trinajstić information content (AvgIpc) is 2.28. The topological polar surface area (TPSA) is 24.9 Å². The van der Waals surface area contributed by atoms with Crippen LogP contribution in [-0.2, 0) is 6.42 Å². The highest BCUT2D eigenvalue weighted by atomic mass is 79.9. The molecule has 9 heteroatoms. The molecule has 0 fully saturated rings. The standard InChI is InChI=1S/C12H13BrF6N2/c1-2-20-9(5-8-4-3-7(13)6-21-8)10(11(14,15)16)12(17,18)19/h3-4,6,9-10,20H,2,5H2,1H3. The first kappa shape index (κ1) is 18.2. The summed E-state index contributed by atoms with van der Waals surface area (Å²) in [6.07, 6.45) is -9.89.